The third kappa shape index (κ3) is 1.54. The first-order valence-corrected chi connectivity index (χ1v) is 3.63. The number of halogens is 1. The Morgan fingerprint density at radius 2 is 2.42 bits per heavy atom. The third-order valence-electron chi connectivity index (χ3n) is 1.44. The van der Waals surface area contributed by atoms with Gasteiger partial charge in [-0.25, -0.2) is 4.98 Å². The van der Waals surface area contributed by atoms with Gasteiger partial charge in [0.1, 0.15) is 5.15 Å². The Hall–Kier alpha value is -1.13. The zero-order chi connectivity index (χ0) is 9.14. The number of anilines is 1. The second kappa shape index (κ2) is 3.51. The molecule has 5 heteroatoms. The van der Waals surface area contributed by atoms with E-state index in [4.69, 9.17) is 27.9 Å². The highest BCUT2D eigenvalue weighted by molar-refractivity contribution is 6.29. The highest BCUT2D eigenvalue weighted by Crippen LogP contribution is 2.18. The summed E-state index contributed by atoms with van der Waals surface area (Å²) in [5.41, 5.74) is 6.62. The molecule has 1 aromatic rings. The summed E-state index contributed by atoms with van der Waals surface area (Å²) in [6, 6.07) is 1.48. The summed E-state index contributed by atoms with van der Waals surface area (Å²) in [6.45, 7) is -0.271. The van der Waals surface area contributed by atoms with Crippen molar-refractivity contribution in [3.63, 3.8) is 0 Å². The fourth-order valence-corrected chi connectivity index (χ4v) is 1.05. The molecule has 12 heavy (non-hydrogen) atoms. The Bertz CT molecular complexity index is 314. The van der Waals surface area contributed by atoms with Gasteiger partial charge in [0, 0.05) is 11.8 Å². The molecular weight excluding hydrogens is 178 g/mol. The molecule has 0 aromatic carbocycles. The summed E-state index contributed by atoms with van der Waals surface area (Å²) < 4.78 is 0. The van der Waals surface area contributed by atoms with Crippen LogP contribution in [0.3, 0.4) is 0 Å². The van der Waals surface area contributed by atoms with Crippen molar-refractivity contribution in [1.82, 2.24) is 4.98 Å². The van der Waals surface area contributed by atoms with Crippen molar-refractivity contribution in [3.05, 3.63) is 22.5 Å². The van der Waals surface area contributed by atoms with Crippen molar-refractivity contribution in [1.29, 1.82) is 5.41 Å². The van der Waals surface area contributed by atoms with Crippen molar-refractivity contribution < 1.29 is 5.11 Å². The first-order valence-electron chi connectivity index (χ1n) is 3.25. The monoisotopic (exact) mass is 185 g/mol. The van der Waals surface area contributed by atoms with Crippen LogP contribution < -0.4 is 5.73 Å². The molecule has 0 amide bonds. The van der Waals surface area contributed by atoms with Gasteiger partial charge in [-0.2, -0.15) is 0 Å². The van der Waals surface area contributed by atoms with Crippen molar-refractivity contribution in [2.24, 2.45) is 0 Å². The molecule has 0 aliphatic rings. The summed E-state index contributed by atoms with van der Waals surface area (Å²) >= 11 is 5.60. The molecule has 0 radical (unpaired) electrons. The van der Waals surface area contributed by atoms with E-state index in [0.717, 1.165) is 6.21 Å². The van der Waals surface area contributed by atoms with Gasteiger partial charge in [-0.1, -0.05) is 11.6 Å². The van der Waals surface area contributed by atoms with Crippen LogP contribution in [0.1, 0.15) is 11.3 Å². The first-order chi connectivity index (χ1) is 5.69. The minimum atomic E-state index is -0.271. The number of hydrogen-bond donors (Lipinski definition) is 3. The highest BCUT2D eigenvalue weighted by Gasteiger charge is 2.05. The summed E-state index contributed by atoms with van der Waals surface area (Å²) in [7, 11) is 0. The maximum absolute atomic E-state index is 8.79. The first kappa shape index (κ1) is 8.96. The van der Waals surface area contributed by atoms with E-state index in [-0.39, 0.29) is 11.8 Å². The van der Waals surface area contributed by atoms with Crippen LogP contribution in [0.25, 0.3) is 0 Å². The average molecular weight is 186 g/mol. The normalized spacial score (nSPS) is 9.83. The molecule has 1 heterocycles. The molecule has 0 atom stereocenters. The molecule has 0 aliphatic heterocycles. The zero-order valence-corrected chi connectivity index (χ0v) is 6.97. The quantitative estimate of drug-likeness (QED) is 0.471. The molecule has 64 valence electrons. The second-order valence-electron chi connectivity index (χ2n) is 2.20. The molecule has 0 saturated heterocycles. The van der Waals surface area contributed by atoms with Gasteiger partial charge in [-0.15, -0.1) is 0 Å². The molecule has 1 aromatic heterocycles. The van der Waals surface area contributed by atoms with Crippen LogP contribution in [-0.4, -0.2) is 16.3 Å². The Morgan fingerprint density at radius 1 is 1.75 bits per heavy atom. The Balaban J connectivity index is 3.31. The smallest absolute Gasteiger partial charge is 0.130 e. The summed E-state index contributed by atoms with van der Waals surface area (Å²) in [5.74, 6) is 0. The molecule has 4 N–H and O–H groups in total. The SMILES string of the molecule is N=Cc1cc(Cl)nc(CO)c1N. The predicted octanol–water partition coefficient (Wildman–Crippen LogP) is 0.807. The van der Waals surface area contributed by atoms with Gasteiger partial charge in [-0.3, -0.25) is 0 Å². The number of pyridine rings is 1. The fraction of sp³-hybridized carbons (Fsp3) is 0.143. The van der Waals surface area contributed by atoms with Crippen LogP contribution in [0.5, 0.6) is 0 Å². The lowest BCUT2D eigenvalue weighted by atomic mass is 10.2. The standard InChI is InChI=1S/C7H8ClN3O/c8-6-1-4(2-9)7(10)5(3-12)11-6/h1-2,9,12H,3,10H2. The lowest BCUT2D eigenvalue weighted by molar-refractivity contribution is 0.277. The number of aromatic nitrogens is 1. The van der Waals surface area contributed by atoms with E-state index in [1.54, 1.807) is 0 Å². The van der Waals surface area contributed by atoms with Gasteiger partial charge >= 0.3 is 0 Å². The lowest BCUT2D eigenvalue weighted by Gasteiger charge is -2.04. The Labute approximate surface area is 74.5 Å². The maximum Gasteiger partial charge on any atom is 0.130 e. The van der Waals surface area contributed by atoms with Crippen LogP contribution in [-0.2, 0) is 6.61 Å². The van der Waals surface area contributed by atoms with Gasteiger partial charge in [0.2, 0.25) is 0 Å². The van der Waals surface area contributed by atoms with Gasteiger partial charge in [0.25, 0.3) is 0 Å². The van der Waals surface area contributed by atoms with E-state index >= 15 is 0 Å². The molecule has 0 saturated carbocycles. The van der Waals surface area contributed by atoms with Crippen molar-refractivity contribution in [2.75, 3.05) is 5.73 Å². The van der Waals surface area contributed by atoms with E-state index in [0.29, 0.717) is 16.9 Å². The number of nitrogens with one attached hydrogen (secondary N) is 1. The largest absolute Gasteiger partial charge is 0.397 e. The summed E-state index contributed by atoms with van der Waals surface area (Å²) in [5, 5.41) is 16.0. The van der Waals surface area contributed by atoms with E-state index in [1.807, 2.05) is 0 Å². The van der Waals surface area contributed by atoms with Crippen molar-refractivity contribution in [3.8, 4) is 0 Å². The van der Waals surface area contributed by atoms with Crippen molar-refractivity contribution in [2.45, 2.75) is 6.61 Å². The summed E-state index contributed by atoms with van der Waals surface area (Å²) in [6.07, 6.45) is 1.07. The van der Waals surface area contributed by atoms with Gasteiger partial charge < -0.3 is 16.2 Å². The average Bonchev–Trinajstić information content (AvgIpc) is 2.08. The molecule has 4 nitrogen and oxygen atoms in total. The molecule has 1 rings (SSSR count). The number of aliphatic hydroxyl groups excluding tert-OH is 1. The number of hydrogen-bond acceptors (Lipinski definition) is 4. The molecular formula is C7H8ClN3O. The molecule has 0 aliphatic carbocycles. The number of nitrogen functional groups attached to an aromatic ring is 1. The number of aliphatic hydroxyl groups is 1. The van der Waals surface area contributed by atoms with E-state index < -0.39 is 0 Å². The maximum atomic E-state index is 8.79. The van der Waals surface area contributed by atoms with Crippen LogP contribution in [0.4, 0.5) is 5.69 Å². The minimum Gasteiger partial charge on any atom is -0.397 e. The highest BCUT2D eigenvalue weighted by atomic mass is 35.5. The fourth-order valence-electron chi connectivity index (χ4n) is 0.834. The predicted molar refractivity (Wildman–Crippen MR) is 47.5 cm³/mol. The summed E-state index contributed by atoms with van der Waals surface area (Å²) in [4.78, 5) is 3.79. The number of nitrogens with zero attached hydrogens (tertiary/aromatic N) is 1. The van der Waals surface area contributed by atoms with Crippen LogP contribution in [0.15, 0.2) is 6.07 Å². The van der Waals surface area contributed by atoms with Crippen molar-refractivity contribution >= 4 is 23.5 Å². The van der Waals surface area contributed by atoms with E-state index in [9.17, 15) is 0 Å². The second-order valence-corrected chi connectivity index (χ2v) is 2.58. The third-order valence-corrected chi connectivity index (χ3v) is 1.64. The molecule has 0 unspecified atom stereocenters. The van der Waals surface area contributed by atoms with Crippen LogP contribution >= 0.6 is 11.6 Å². The Morgan fingerprint density at radius 3 is 2.92 bits per heavy atom. The lowest BCUT2D eigenvalue weighted by Crippen LogP contribution is -2.02. The molecule has 0 spiro atoms. The number of rotatable bonds is 2. The van der Waals surface area contributed by atoms with Gasteiger partial charge in [-0.05, 0) is 6.07 Å². The van der Waals surface area contributed by atoms with Crippen LogP contribution in [0, 0.1) is 5.41 Å². The minimum absolute atomic E-state index is 0.228. The van der Waals surface area contributed by atoms with E-state index in [2.05, 4.69) is 4.98 Å². The molecule has 0 fully saturated rings. The molecule has 0 bridgehead atoms. The Kier molecular flexibility index (Phi) is 2.62. The zero-order valence-electron chi connectivity index (χ0n) is 6.21. The van der Waals surface area contributed by atoms with Gasteiger partial charge in [0.05, 0.1) is 18.0 Å². The van der Waals surface area contributed by atoms with Gasteiger partial charge in [0.15, 0.2) is 0 Å². The van der Waals surface area contributed by atoms with E-state index in [1.165, 1.54) is 6.07 Å². The number of nitrogens with two attached hydrogens (primary N) is 1. The van der Waals surface area contributed by atoms with Crippen LogP contribution in [0.2, 0.25) is 5.15 Å². The topological polar surface area (TPSA) is 83.0 Å².